The third-order valence-corrected chi connectivity index (χ3v) is 5.77. The Balaban J connectivity index is 1.41. The molecule has 0 aliphatic rings. The van der Waals surface area contributed by atoms with Crippen molar-refractivity contribution in [3.05, 3.63) is 84.4 Å². The third-order valence-electron chi connectivity index (χ3n) is 4.76. The summed E-state index contributed by atoms with van der Waals surface area (Å²) >= 11 is 1.49. The van der Waals surface area contributed by atoms with Gasteiger partial charge >= 0.3 is 0 Å². The van der Waals surface area contributed by atoms with E-state index in [-0.39, 0.29) is 5.91 Å². The number of amides is 1. The van der Waals surface area contributed by atoms with Crippen molar-refractivity contribution in [3.63, 3.8) is 0 Å². The number of fused-ring (bicyclic) bond motifs is 1. The van der Waals surface area contributed by atoms with Crippen LogP contribution in [0.5, 0.6) is 0 Å². The van der Waals surface area contributed by atoms with Crippen LogP contribution in [-0.2, 0) is 24.7 Å². The highest BCUT2D eigenvalue weighted by atomic mass is 32.2. The van der Waals surface area contributed by atoms with Crippen LogP contribution in [0.15, 0.2) is 78.0 Å². The van der Waals surface area contributed by atoms with Gasteiger partial charge < -0.3 is 9.88 Å². The van der Waals surface area contributed by atoms with Crippen LogP contribution < -0.4 is 5.32 Å². The predicted molar refractivity (Wildman–Crippen MR) is 118 cm³/mol. The van der Waals surface area contributed by atoms with E-state index in [9.17, 15) is 4.79 Å². The van der Waals surface area contributed by atoms with Crippen molar-refractivity contribution in [3.8, 4) is 0 Å². The van der Waals surface area contributed by atoms with E-state index in [4.69, 9.17) is 4.98 Å². The van der Waals surface area contributed by atoms with Crippen LogP contribution in [0.4, 0.5) is 5.69 Å². The molecule has 0 atom stereocenters. The molecule has 0 aliphatic heterocycles. The van der Waals surface area contributed by atoms with Gasteiger partial charge in [-0.15, -0.1) is 11.8 Å². The zero-order chi connectivity index (χ0) is 20.1. The second-order valence-corrected chi connectivity index (χ2v) is 7.84. The number of anilines is 1. The fraction of sp³-hybridized carbons (Fsp3) is 0.174. The molecule has 1 N–H and O–H groups in total. The van der Waals surface area contributed by atoms with Gasteiger partial charge in [0, 0.05) is 36.4 Å². The molecule has 0 radical (unpaired) electrons. The van der Waals surface area contributed by atoms with Gasteiger partial charge in [0.1, 0.15) is 5.82 Å². The van der Waals surface area contributed by atoms with Gasteiger partial charge in [0.05, 0.1) is 16.8 Å². The minimum atomic E-state index is -0.0357. The molecule has 4 aromatic rings. The van der Waals surface area contributed by atoms with Crippen LogP contribution in [0.3, 0.4) is 0 Å². The van der Waals surface area contributed by atoms with E-state index in [2.05, 4.69) is 39.1 Å². The van der Waals surface area contributed by atoms with Gasteiger partial charge in [0.25, 0.3) is 0 Å². The Morgan fingerprint density at radius 3 is 2.62 bits per heavy atom. The summed E-state index contributed by atoms with van der Waals surface area (Å²) in [5.74, 6) is 1.36. The molecule has 6 heteroatoms. The maximum absolute atomic E-state index is 12.3. The van der Waals surface area contributed by atoms with Gasteiger partial charge in [-0.25, -0.2) is 4.98 Å². The molecule has 5 nitrogen and oxygen atoms in total. The highest BCUT2D eigenvalue weighted by Gasteiger charge is 2.10. The summed E-state index contributed by atoms with van der Waals surface area (Å²) in [6.07, 6.45) is 5.28. The number of aromatic nitrogens is 3. The quantitative estimate of drug-likeness (QED) is 0.463. The van der Waals surface area contributed by atoms with E-state index in [1.165, 1.54) is 17.3 Å². The number of thioether (sulfide) groups is 1. The van der Waals surface area contributed by atoms with E-state index < -0.39 is 0 Å². The number of hydrogen-bond acceptors (Lipinski definition) is 4. The highest BCUT2D eigenvalue weighted by molar-refractivity contribution is 8.00. The first kappa shape index (κ1) is 19.2. The fourth-order valence-electron chi connectivity index (χ4n) is 3.23. The van der Waals surface area contributed by atoms with E-state index in [0.29, 0.717) is 5.75 Å². The largest absolute Gasteiger partial charge is 0.331 e. The average Bonchev–Trinajstić information content (AvgIpc) is 3.07. The van der Waals surface area contributed by atoms with Crippen LogP contribution in [0.1, 0.15) is 11.4 Å². The van der Waals surface area contributed by atoms with Crippen molar-refractivity contribution in [1.82, 2.24) is 14.5 Å². The smallest absolute Gasteiger partial charge is 0.234 e. The molecule has 0 spiro atoms. The molecule has 2 aromatic heterocycles. The van der Waals surface area contributed by atoms with Gasteiger partial charge in [-0.05, 0) is 42.3 Å². The molecule has 0 unspecified atom stereocenters. The lowest BCUT2D eigenvalue weighted by Gasteiger charge is -2.06. The van der Waals surface area contributed by atoms with Crippen molar-refractivity contribution in [2.24, 2.45) is 7.05 Å². The van der Waals surface area contributed by atoms with E-state index in [0.717, 1.165) is 40.3 Å². The number of pyridine rings is 1. The van der Waals surface area contributed by atoms with Crippen molar-refractivity contribution in [2.75, 3.05) is 11.1 Å². The van der Waals surface area contributed by atoms with E-state index >= 15 is 0 Å². The topological polar surface area (TPSA) is 59.8 Å². The van der Waals surface area contributed by atoms with Crippen LogP contribution in [0.2, 0.25) is 0 Å². The zero-order valence-corrected chi connectivity index (χ0v) is 17.0. The molecule has 146 valence electrons. The van der Waals surface area contributed by atoms with Gasteiger partial charge in [0.15, 0.2) is 0 Å². The highest BCUT2D eigenvalue weighted by Crippen LogP contribution is 2.22. The Labute approximate surface area is 174 Å². The SMILES string of the molecule is Cn1c(CCc2ccccc2)nc2cc(NC(=O)CSc3ccncc3)ccc21. The van der Waals surface area contributed by atoms with Crippen molar-refractivity contribution in [1.29, 1.82) is 0 Å². The maximum atomic E-state index is 12.3. The molecule has 1 amide bonds. The number of nitrogens with zero attached hydrogens (tertiary/aromatic N) is 3. The van der Waals surface area contributed by atoms with Crippen LogP contribution in [0, 0.1) is 0 Å². The lowest BCUT2D eigenvalue weighted by atomic mass is 10.1. The standard InChI is InChI=1S/C23H22N4OS/c1-27-21-9-8-18(25-23(28)16-29-19-11-13-24-14-12-19)15-20(21)26-22(27)10-7-17-5-3-2-4-6-17/h2-6,8-9,11-15H,7,10,16H2,1H3,(H,25,28). The Morgan fingerprint density at radius 2 is 1.83 bits per heavy atom. The van der Waals surface area contributed by atoms with Crippen LogP contribution in [0.25, 0.3) is 11.0 Å². The monoisotopic (exact) mass is 402 g/mol. The molecule has 2 aromatic carbocycles. The number of imidazole rings is 1. The average molecular weight is 403 g/mol. The molecule has 0 saturated heterocycles. The molecule has 2 heterocycles. The third kappa shape index (κ3) is 4.84. The first-order valence-corrected chi connectivity index (χ1v) is 10.5. The second-order valence-electron chi connectivity index (χ2n) is 6.80. The Kier molecular flexibility index (Phi) is 5.91. The number of benzene rings is 2. The van der Waals surface area contributed by atoms with Crippen molar-refractivity contribution in [2.45, 2.75) is 17.7 Å². The Hall–Kier alpha value is -3.12. The summed E-state index contributed by atoms with van der Waals surface area (Å²) in [6.45, 7) is 0. The fourth-order valence-corrected chi connectivity index (χ4v) is 3.92. The first-order valence-electron chi connectivity index (χ1n) is 9.51. The maximum Gasteiger partial charge on any atom is 0.234 e. The molecule has 0 saturated carbocycles. The second kappa shape index (κ2) is 8.92. The number of carbonyl (C=O) groups is 1. The number of nitrogens with one attached hydrogen (secondary N) is 1. The number of carbonyl (C=O) groups excluding carboxylic acids is 1. The van der Waals surface area contributed by atoms with Crippen LogP contribution in [-0.4, -0.2) is 26.2 Å². The summed E-state index contributed by atoms with van der Waals surface area (Å²) < 4.78 is 2.13. The molecular weight excluding hydrogens is 380 g/mol. The van der Waals surface area contributed by atoms with Crippen LogP contribution >= 0.6 is 11.8 Å². The predicted octanol–water partition coefficient (Wildman–Crippen LogP) is 4.48. The van der Waals surface area contributed by atoms with E-state index in [1.54, 1.807) is 12.4 Å². The number of hydrogen-bond donors (Lipinski definition) is 1. The summed E-state index contributed by atoms with van der Waals surface area (Å²) in [4.78, 5) is 22.1. The summed E-state index contributed by atoms with van der Waals surface area (Å²) in [7, 11) is 2.04. The number of rotatable bonds is 7. The van der Waals surface area contributed by atoms with Gasteiger partial charge in [-0.1, -0.05) is 30.3 Å². The minimum Gasteiger partial charge on any atom is -0.331 e. The molecular formula is C23H22N4OS. The Bertz CT molecular complexity index is 1110. The lowest BCUT2D eigenvalue weighted by Crippen LogP contribution is -2.13. The van der Waals surface area contributed by atoms with Gasteiger partial charge in [-0.3, -0.25) is 9.78 Å². The van der Waals surface area contributed by atoms with Crippen molar-refractivity contribution < 1.29 is 4.79 Å². The molecule has 0 fully saturated rings. The molecule has 0 bridgehead atoms. The first-order chi connectivity index (χ1) is 14.2. The normalized spacial score (nSPS) is 10.9. The van der Waals surface area contributed by atoms with E-state index in [1.807, 2.05) is 43.4 Å². The zero-order valence-electron chi connectivity index (χ0n) is 16.2. The molecule has 29 heavy (non-hydrogen) atoms. The summed E-state index contributed by atoms with van der Waals surface area (Å²) in [5.41, 5.74) is 4.04. The summed E-state index contributed by atoms with van der Waals surface area (Å²) in [6, 6.07) is 20.1. The molecule has 4 rings (SSSR count). The number of aryl methyl sites for hydroxylation is 3. The van der Waals surface area contributed by atoms with Gasteiger partial charge in [0.2, 0.25) is 5.91 Å². The van der Waals surface area contributed by atoms with Gasteiger partial charge in [-0.2, -0.15) is 0 Å². The minimum absolute atomic E-state index is 0.0357. The molecule has 0 aliphatic carbocycles. The Morgan fingerprint density at radius 1 is 1.03 bits per heavy atom. The van der Waals surface area contributed by atoms with Crippen molar-refractivity contribution >= 4 is 34.4 Å². The lowest BCUT2D eigenvalue weighted by molar-refractivity contribution is -0.113. The summed E-state index contributed by atoms with van der Waals surface area (Å²) in [5, 5.41) is 2.97.